The Labute approximate surface area is 114 Å². The fraction of sp³-hybridized carbons (Fsp3) is 1.00. The zero-order valence-electron chi connectivity index (χ0n) is 12.2. The molecule has 0 aromatic rings. The molecule has 1 atom stereocenters. The van der Waals surface area contributed by atoms with Crippen LogP contribution in [0.4, 0.5) is 0 Å². The number of rotatable bonds is 4. The summed E-state index contributed by atoms with van der Waals surface area (Å²) in [5.41, 5.74) is 0. The molecule has 0 aliphatic heterocycles. The molecule has 0 saturated heterocycles. The van der Waals surface area contributed by atoms with Crippen LogP contribution in [0.25, 0.3) is 0 Å². The van der Waals surface area contributed by atoms with E-state index >= 15 is 0 Å². The van der Waals surface area contributed by atoms with Gasteiger partial charge in [0, 0.05) is 0 Å². The van der Waals surface area contributed by atoms with Crippen molar-refractivity contribution in [3.8, 4) is 0 Å². The summed E-state index contributed by atoms with van der Waals surface area (Å²) in [5, 5.41) is 0. The molecular weight excluding hydrogens is 330 g/mol. The molecule has 0 rings (SSSR count). The van der Waals surface area contributed by atoms with Crippen LogP contribution in [0.1, 0.15) is 0 Å². The van der Waals surface area contributed by atoms with Crippen LogP contribution >= 0.6 is 6.55 Å². The fourth-order valence-corrected chi connectivity index (χ4v) is 31.1. The summed E-state index contributed by atoms with van der Waals surface area (Å²) in [5.74, 6) is 0. The molecule has 0 aliphatic rings. The molecule has 0 aromatic heterocycles. The molecular formula is C9H27N2PSeSi3+. The van der Waals surface area contributed by atoms with E-state index in [-0.39, 0.29) is 6.55 Å². The summed E-state index contributed by atoms with van der Waals surface area (Å²) in [6.07, 6.45) is 0. The van der Waals surface area contributed by atoms with Gasteiger partial charge in [-0.05, 0) is 0 Å². The molecule has 7 heteroatoms. The van der Waals surface area contributed by atoms with E-state index in [0.29, 0.717) is 0 Å². The first kappa shape index (κ1) is 17.2. The van der Waals surface area contributed by atoms with E-state index in [2.05, 4.69) is 78.5 Å². The molecule has 0 fully saturated rings. The van der Waals surface area contributed by atoms with Crippen LogP contribution in [-0.2, 0) is 0 Å². The Balaban J connectivity index is 5.33. The van der Waals surface area contributed by atoms with E-state index in [4.69, 9.17) is 4.41 Å². The van der Waals surface area contributed by atoms with Crippen molar-refractivity contribution in [3.63, 3.8) is 0 Å². The molecule has 0 bridgehead atoms. The predicted octanol–water partition coefficient (Wildman–Crippen LogP) is 4.46. The molecule has 0 amide bonds. The van der Waals surface area contributed by atoms with Gasteiger partial charge in [-0.2, -0.15) is 0 Å². The van der Waals surface area contributed by atoms with Gasteiger partial charge in [0.25, 0.3) is 0 Å². The van der Waals surface area contributed by atoms with Crippen LogP contribution in [-0.4, -0.2) is 44.3 Å². The van der Waals surface area contributed by atoms with Gasteiger partial charge in [0.2, 0.25) is 0 Å². The summed E-state index contributed by atoms with van der Waals surface area (Å²) in [7, 11) is -3.84. The van der Waals surface area contributed by atoms with E-state index in [0.717, 1.165) is 0 Å². The molecule has 0 saturated carbocycles. The average molecular weight is 358 g/mol. The van der Waals surface area contributed by atoms with E-state index in [1.807, 2.05) is 0 Å². The average Bonchev–Trinajstić information content (AvgIpc) is 1.70. The van der Waals surface area contributed by atoms with Crippen molar-refractivity contribution in [3.05, 3.63) is 0 Å². The van der Waals surface area contributed by atoms with Gasteiger partial charge in [-0.15, -0.1) is 0 Å². The van der Waals surface area contributed by atoms with Gasteiger partial charge in [0.15, 0.2) is 0 Å². The van der Waals surface area contributed by atoms with Gasteiger partial charge >= 0.3 is 114 Å². The van der Waals surface area contributed by atoms with Crippen molar-refractivity contribution in [2.75, 3.05) is 0 Å². The summed E-state index contributed by atoms with van der Waals surface area (Å²) >= 11 is 3.38. The number of hydrogen-bond donors (Lipinski definition) is 0. The molecule has 0 aromatic carbocycles. The maximum absolute atomic E-state index is 5.09. The zero-order chi connectivity index (χ0) is 13.4. The Morgan fingerprint density at radius 1 is 0.812 bits per heavy atom. The second-order valence-corrected chi connectivity index (χ2v) is 26.1. The van der Waals surface area contributed by atoms with Crippen molar-refractivity contribution in [1.82, 2.24) is 4.00 Å². The Kier molecular flexibility index (Phi) is 5.89. The van der Waals surface area contributed by atoms with Crippen LogP contribution in [0, 0.1) is 0 Å². The molecule has 2 nitrogen and oxygen atoms in total. The first-order valence-electron chi connectivity index (χ1n) is 5.75. The van der Waals surface area contributed by atoms with Crippen molar-refractivity contribution in [1.29, 1.82) is 0 Å². The van der Waals surface area contributed by atoms with Crippen LogP contribution in [0.15, 0.2) is 4.41 Å². The summed E-state index contributed by atoms with van der Waals surface area (Å²) in [4.78, 5) is 0. The van der Waals surface area contributed by atoms with E-state index in [1.54, 1.807) is 0 Å². The van der Waals surface area contributed by atoms with Crippen LogP contribution in [0.3, 0.4) is 0 Å². The Morgan fingerprint density at radius 3 is 1.31 bits per heavy atom. The third-order valence-electron chi connectivity index (χ3n) is 1.83. The van der Waals surface area contributed by atoms with Gasteiger partial charge in [0.05, 0.1) is 0 Å². The van der Waals surface area contributed by atoms with Gasteiger partial charge < -0.3 is 0 Å². The van der Waals surface area contributed by atoms with Gasteiger partial charge in [0.1, 0.15) is 0 Å². The van der Waals surface area contributed by atoms with Crippen molar-refractivity contribution in [2.45, 2.75) is 58.9 Å². The quantitative estimate of drug-likeness (QED) is 0.536. The summed E-state index contributed by atoms with van der Waals surface area (Å²) in [6.45, 7) is 21.2. The SMILES string of the molecule is C[Si](C)(C)N=[P+]([Se])N([Si](C)(C)C)[Si](C)(C)C. The van der Waals surface area contributed by atoms with E-state index in [1.165, 1.54) is 0 Å². The first-order chi connectivity index (χ1) is 6.75. The van der Waals surface area contributed by atoms with E-state index in [9.17, 15) is 0 Å². The molecule has 0 heterocycles. The Bertz CT molecular complexity index is 262. The third kappa shape index (κ3) is 6.24. The monoisotopic (exact) mass is 358 g/mol. The van der Waals surface area contributed by atoms with Gasteiger partial charge in [-0.3, -0.25) is 0 Å². The standard InChI is InChI=1S/C9H27N2PSeSi3/c1-14(2,3)10-12(13)11(15(4,5)6)16(7,8)9/h1-9H3/q+1. The van der Waals surface area contributed by atoms with Crippen LogP contribution < -0.4 is 0 Å². The van der Waals surface area contributed by atoms with Gasteiger partial charge in [-0.25, -0.2) is 0 Å². The molecule has 16 heavy (non-hydrogen) atoms. The fourth-order valence-electron chi connectivity index (χ4n) is 1.82. The maximum atomic E-state index is 5.09. The minimum absolute atomic E-state index is 0.390. The first-order valence-corrected chi connectivity index (χ1v) is 19.6. The molecule has 1 radical (unpaired) electrons. The third-order valence-corrected chi connectivity index (χ3v) is 21.1. The Hall–Kier alpha value is 1.23. The van der Waals surface area contributed by atoms with Gasteiger partial charge in [-0.1, -0.05) is 0 Å². The van der Waals surface area contributed by atoms with Crippen molar-refractivity contribution in [2.24, 2.45) is 4.41 Å². The second kappa shape index (κ2) is 5.47. The zero-order valence-corrected chi connectivity index (χ0v) is 17.9. The molecule has 1 unspecified atom stereocenters. The predicted molar refractivity (Wildman–Crippen MR) is 87.0 cm³/mol. The molecule has 0 aliphatic carbocycles. The molecule has 0 N–H and O–H groups in total. The van der Waals surface area contributed by atoms with Crippen molar-refractivity contribution < 1.29 is 0 Å². The normalized spacial score (nSPS) is 15.8. The topological polar surface area (TPSA) is 15.6 Å². The second-order valence-electron chi connectivity index (χ2n) is 7.18. The summed E-state index contributed by atoms with van der Waals surface area (Å²) in [6, 6.07) is 0. The van der Waals surface area contributed by atoms with Crippen LogP contribution in [0.5, 0.6) is 0 Å². The van der Waals surface area contributed by atoms with E-state index < -0.39 is 24.7 Å². The summed E-state index contributed by atoms with van der Waals surface area (Å²) < 4.78 is 7.89. The number of nitrogens with zero attached hydrogens (tertiary/aromatic N) is 2. The minimum atomic E-state index is -1.32. The Morgan fingerprint density at radius 2 is 1.12 bits per heavy atom. The van der Waals surface area contributed by atoms with Crippen LogP contribution in [0.2, 0.25) is 58.9 Å². The van der Waals surface area contributed by atoms with Crippen molar-refractivity contribution >= 4 is 46.8 Å². The number of hydrogen-bond acceptors (Lipinski definition) is 1. The molecule has 95 valence electrons. The molecule has 0 spiro atoms.